The standard InChI is InChI=1S/C12H22N2O3/c1-8(2)17-11(15)7-14-10-5-3-9(4-6-10)12(13)16/h8-10,14H,3-7H2,1-2H3,(H2,13,16). The molecule has 0 radical (unpaired) electrons. The van der Waals surface area contributed by atoms with Crippen molar-refractivity contribution in [3.05, 3.63) is 0 Å². The highest BCUT2D eigenvalue weighted by Gasteiger charge is 2.24. The summed E-state index contributed by atoms with van der Waals surface area (Å²) in [6.45, 7) is 3.90. The van der Waals surface area contributed by atoms with Gasteiger partial charge in [0.25, 0.3) is 0 Å². The van der Waals surface area contributed by atoms with Gasteiger partial charge in [-0.3, -0.25) is 9.59 Å². The van der Waals surface area contributed by atoms with E-state index in [1.807, 2.05) is 13.8 Å². The van der Waals surface area contributed by atoms with Crippen LogP contribution >= 0.6 is 0 Å². The Bertz CT molecular complexity index is 271. The zero-order valence-corrected chi connectivity index (χ0v) is 10.6. The molecule has 17 heavy (non-hydrogen) atoms. The maximum Gasteiger partial charge on any atom is 0.320 e. The van der Waals surface area contributed by atoms with Gasteiger partial charge in [0.2, 0.25) is 5.91 Å². The Morgan fingerprint density at radius 2 is 1.88 bits per heavy atom. The zero-order valence-electron chi connectivity index (χ0n) is 10.6. The van der Waals surface area contributed by atoms with E-state index in [1.165, 1.54) is 0 Å². The third-order valence-corrected chi connectivity index (χ3v) is 3.03. The van der Waals surface area contributed by atoms with E-state index >= 15 is 0 Å². The number of esters is 1. The fourth-order valence-electron chi connectivity index (χ4n) is 2.11. The molecule has 98 valence electrons. The van der Waals surface area contributed by atoms with Crippen LogP contribution in [-0.4, -0.2) is 30.6 Å². The van der Waals surface area contributed by atoms with Crippen LogP contribution < -0.4 is 11.1 Å². The first-order chi connectivity index (χ1) is 7.99. The van der Waals surface area contributed by atoms with E-state index in [9.17, 15) is 9.59 Å². The second-order valence-corrected chi connectivity index (χ2v) is 4.87. The molecule has 1 fully saturated rings. The van der Waals surface area contributed by atoms with Gasteiger partial charge in [0.15, 0.2) is 0 Å². The fraction of sp³-hybridized carbons (Fsp3) is 0.833. The van der Waals surface area contributed by atoms with Gasteiger partial charge in [-0.15, -0.1) is 0 Å². The topological polar surface area (TPSA) is 81.4 Å². The summed E-state index contributed by atoms with van der Waals surface area (Å²) in [6.07, 6.45) is 3.33. The van der Waals surface area contributed by atoms with E-state index in [0.29, 0.717) is 6.04 Å². The van der Waals surface area contributed by atoms with Crippen LogP contribution in [0.2, 0.25) is 0 Å². The largest absolute Gasteiger partial charge is 0.462 e. The molecule has 5 heteroatoms. The smallest absolute Gasteiger partial charge is 0.320 e. The van der Waals surface area contributed by atoms with Gasteiger partial charge in [-0.05, 0) is 39.5 Å². The van der Waals surface area contributed by atoms with Crippen LogP contribution in [0.1, 0.15) is 39.5 Å². The lowest BCUT2D eigenvalue weighted by atomic mass is 9.85. The molecule has 0 spiro atoms. The van der Waals surface area contributed by atoms with Crippen molar-refractivity contribution in [2.24, 2.45) is 11.7 Å². The molecule has 1 amide bonds. The maximum absolute atomic E-state index is 11.3. The van der Waals surface area contributed by atoms with Crippen LogP contribution in [0.5, 0.6) is 0 Å². The van der Waals surface area contributed by atoms with E-state index in [4.69, 9.17) is 10.5 Å². The lowest BCUT2D eigenvalue weighted by Crippen LogP contribution is -2.39. The summed E-state index contributed by atoms with van der Waals surface area (Å²) < 4.78 is 5.03. The van der Waals surface area contributed by atoms with E-state index in [-0.39, 0.29) is 30.4 Å². The minimum Gasteiger partial charge on any atom is -0.462 e. The number of nitrogens with one attached hydrogen (secondary N) is 1. The third kappa shape index (κ3) is 5.17. The molecule has 3 N–H and O–H groups in total. The van der Waals surface area contributed by atoms with Crippen LogP contribution in [0.3, 0.4) is 0 Å². The lowest BCUT2D eigenvalue weighted by Gasteiger charge is -2.27. The molecule has 0 bridgehead atoms. The highest BCUT2D eigenvalue weighted by molar-refractivity contribution is 5.76. The van der Waals surface area contributed by atoms with Crippen LogP contribution in [0.4, 0.5) is 0 Å². The van der Waals surface area contributed by atoms with E-state index in [1.54, 1.807) is 0 Å². The molecule has 0 atom stereocenters. The van der Waals surface area contributed by atoms with Gasteiger partial charge in [0.05, 0.1) is 12.6 Å². The predicted molar refractivity (Wildman–Crippen MR) is 64.2 cm³/mol. The van der Waals surface area contributed by atoms with E-state index in [0.717, 1.165) is 25.7 Å². The molecule has 1 saturated carbocycles. The number of rotatable bonds is 5. The summed E-state index contributed by atoms with van der Waals surface area (Å²) >= 11 is 0. The first-order valence-corrected chi connectivity index (χ1v) is 6.21. The van der Waals surface area contributed by atoms with Crippen molar-refractivity contribution >= 4 is 11.9 Å². The molecule has 1 aliphatic carbocycles. The Balaban J connectivity index is 2.18. The first-order valence-electron chi connectivity index (χ1n) is 6.21. The molecule has 5 nitrogen and oxygen atoms in total. The van der Waals surface area contributed by atoms with Gasteiger partial charge in [0, 0.05) is 12.0 Å². The number of amides is 1. The second-order valence-electron chi connectivity index (χ2n) is 4.87. The summed E-state index contributed by atoms with van der Waals surface area (Å²) in [5.41, 5.74) is 5.26. The highest BCUT2D eigenvalue weighted by atomic mass is 16.5. The van der Waals surface area contributed by atoms with Gasteiger partial charge in [-0.25, -0.2) is 0 Å². The molecule has 1 rings (SSSR count). The molecule has 0 unspecified atom stereocenters. The summed E-state index contributed by atoms with van der Waals surface area (Å²) in [4.78, 5) is 22.3. The Labute approximate surface area is 102 Å². The monoisotopic (exact) mass is 242 g/mol. The van der Waals surface area contributed by atoms with Gasteiger partial charge in [0.1, 0.15) is 0 Å². The number of hydrogen-bond donors (Lipinski definition) is 2. The minimum atomic E-state index is -0.225. The molecule has 0 saturated heterocycles. The number of primary amides is 1. The van der Waals surface area contributed by atoms with Crippen molar-refractivity contribution in [2.45, 2.75) is 51.7 Å². The number of carbonyl (C=O) groups excluding carboxylic acids is 2. The Morgan fingerprint density at radius 1 is 1.29 bits per heavy atom. The van der Waals surface area contributed by atoms with Crippen molar-refractivity contribution in [1.29, 1.82) is 0 Å². The van der Waals surface area contributed by atoms with Gasteiger partial charge in [-0.2, -0.15) is 0 Å². The molecule has 0 aromatic heterocycles. The average molecular weight is 242 g/mol. The highest BCUT2D eigenvalue weighted by Crippen LogP contribution is 2.23. The predicted octanol–water partition coefficient (Wildman–Crippen LogP) is 0.572. The normalized spacial score (nSPS) is 24.6. The summed E-state index contributed by atoms with van der Waals surface area (Å²) in [5, 5.41) is 3.16. The molecule has 0 heterocycles. The molecular formula is C12H22N2O3. The van der Waals surface area contributed by atoms with Crippen molar-refractivity contribution in [1.82, 2.24) is 5.32 Å². The van der Waals surface area contributed by atoms with Gasteiger partial charge in [-0.1, -0.05) is 0 Å². The second kappa shape index (κ2) is 6.59. The number of ether oxygens (including phenoxy) is 1. The number of hydrogen-bond acceptors (Lipinski definition) is 4. The number of carbonyl (C=O) groups is 2. The third-order valence-electron chi connectivity index (χ3n) is 3.03. The van der Waals surface area contributed by atoms with Crippen LogP contribution in [0.25, 0.3) is 0 Å². The molecule has 0 aromatic carbocycles. The van der Waals surface area contributed by atoms with Crippen molar-refractivity contribution in [3.8, 4) is 0 Å². The van der Waals surface area contributed by atoms with Crippen molar-refractivity contribution < 1.29 is 14.3 Å². The van der Waals surface area contributed by atoms with E-state index < -0.39 is 0 Å². The first kappa shape index (κ1) is 14.0. The molecule has 0 aliphatic heterocycles. The Kier molecular flexibility index (Phi) is 5.41. The van der Waals surface area contributed by atoms with Gasteiger partial charge >= 0.3 is 5.97 Å². The average Bonchev–Trinajstić information content (AvgIpc) is 2.26. The fourth-order valence-corrected chi connectivity index (χ4v) is 2.11. The van der Waals surface area contributed by atoms with Crippen LogP contribution in [-0.2, 0) is 14.3 Å². The molecule has 0 aromatic rings. The SMILES string of the molecule is CC(C)OC(=O)CNC1CCC(C(N)=O)CC1. The Morgan fingerprint density at radius 3 is 2.35 bits per heavy atom. The van der Waals surface area contributed by atoms with Crippen LogP contribution in [0, 0.1) is 5.92 Å². The zero-order chi connectivity index (χ0) is 12.8. The number of nitrogens with two attached hydrogens (primary N) is 1. The van der Waals surface area contributed by atoms with Crippen molar-refractivity contribution in [3.63, 3.8) is 0 Å². The van der Waals surface area contributed by atoms with E-state index in [2.05, 4.69) is 5.32 Å². The summed E-state index contributed by atoms with van der Waals surface area (Å²) in [6, 6.07) is 0.297. The maximum atomic E-state index is 11.3. The molecular weight excluding hydrogens is 220 g/mol. The summed E-state index contributed by atoms with van der Waals surface area (Å²) in [5.74, 6) is -0.421. The summed E-state index contributed by atoms with van der Waals surface area (Å²) in [7, 11) is 0. The minimum absolute atomic E-state index is 0.00988. The molecule has 1 aliphatic rings. The Hall–Kier alpha value is -1.10. The van der Waals surface area contributed by atoms with Crippen molar-refractivity contribution in [2.75, 3.05) is 6.54 Å². The quantitative estimate of drug-likeness (QED) is 0.691. The van der Waals surface area contributed by atoms with Crippen LogP contribution in [0.15, 0.2) is 0 Å². The lowest BCUT2D eigenvalue weighted by molar-refractivity contribution is -0.146. The van der Waals surface area contributed by atoms with Gasteiger partial charge < -0.3 is 15.8 Å².